The lowest BCUT2D eigenvalue weighted by atomic mass is 10.2. The molecule has 0 aliphatic rings. The van der Waals surface area contributed by atoms with Gasteiger partial charge in [0.05, 0.1) is 18.4 Å². The number of halogens is 3. The first-order valence-electron chi connectivity index (χ1n) is 7.30. The lowest BCUT2D eigenvalue weighted by molar-refractivity contribution is 0.585. The lowest BCUT2D eigenvalue weighted by Gasteiger charge is -2.09. The van der Waals surface area contributed by atoms with Crippen LogP contribution in [0.2, 0.25) is 10.0 Å². The van der Waals surface area contributed by atoms with E-state index >= 15 is 0 Å². The molecule has 0 bridgehead atoms. The zero-order chi connectivity index (χ0) is 17.8. The molecule has 3 rings (SSSR count). The maximum atomic E-state index is 13.8. The van der Waals surface area contributed by atoms with Gasteiger partial charge in [-0.15, -0.1) is 0 Å². The Morgan fingerprint density at radius 3 is 2.64 bits per heavy atom. The Bertz CT molecular complexity index is 893. The molecular formula is C17H13Cl2FN4S. The minimum Gasteiger partial charge on any atom is -0.332 e. The monoisotopic (exact) mass is 394 g/mol. The molecule has 2 aromatic carbocycles. The van der Waals surface area contributed by atoms with E-state index in [0.717, 1.165) is 5.69 Å². The number of rotatable bonds is 4. The summed E-state index contributed by atoms with van der Waals surface area (Å²) in [4.78, 5) is 0. The quantitative estimate of drug-likeness (QED) is 0.597. The van der Waals surface area contributed by atoms with E-state index in [1.165, 1.54) is 6.07 Å². The summed E-state index contributed by atoms with van der Waals surface area (Å²) in [6, 6.07) is 11.8. The van der Waals surface area contributed by atoms with Gasteiger partial charge in [-0.25, -0.2) is 4.39 Å². The lowest BCUT2D eigenvalue weighted by Crippen LogP contribution is -2.18. The van der Waals surface area contributed by atoms with Crippen LogP contribution in [0, 0.1) is 5.82 Å². The van der Waals surface area contributed by atoms with Crippen molar-refractivity contribution in [3.63, 3.8) is 0 Å². The first-order valence-corrected chi connectivity index (χ1v) is 8.46. The molecule has 0 saturated carbocycles. The predicted molar refractivity (Wildman–Crippen MR) is 104 cm³/mol. The van der Waals surface area contributed by atoms with Crippen molar-refractivity contribution in [3.05, 3.63) is 76.3 Å². The number of nitrogens with zero attached hydrogens (tertiary/aromatic N) is 2. The summed E-state index contributed by atoms with van der Waals surface area (Å²) in [5.74, 6) is -0.365. The van der Waals surface area contributed by atoms with E-state index in [1.54, 1.807) is 41.3 Å². The van der Waals surface area contributed by atoms with Crippen molar-refractivity contribution in [1.29, 1.82) is 0 Å². The second kappa shape index (κ2) is 7.82. The van der Waals surface area contributed by atoms with Crippen LogP contribution < -0.4 is 10.6 Å². The highest BCUT2D eigenvalue weighted by atomic mass is 35.5. The van der Waals surface area contributed by atoms with Gasteiger partial charge >= 0.3 is 0 Å². The normalized spacial score (nSPS) is 10.5. The highest BCUT2D eigenvalue weighted by molar-refractivity contribution is 7.80. The van der Waals surface area contributed by atoms with E-state index in [4.69, 9.17) is 35.4 Å². The molecule has 128 valence electrons. The number of aromatic nitrogens is 2. The van der Waals surface area contributed by atoms with Crippen LogP contribution in [0.3, 0.4) is 0 Å². The van der Waals surface area contributed by atoms with Gasteiger partial charge in [-0.1, -0.05) is 35.3 Å². The molecule has 1 heterocycles. The molecule has 25 heavy (non-hydrogen) atoms. The minimum absolute atomic E-state index is 0.224. The summed E-state index contributed by atoms with van der Waals surface area (Å²) in [6.07, 6.45) is 3.31. The number of hydrogen-bond acceptors (Lipinski definition) is 2. The van der Waals surface area contributed by atoms with Gasteiger partial charge in [0.15, 0.2) is 5.11 Å². The Labute approximate surface area is 159 Å². The molecule has 0 fully saturated rings. The van der Waals surface area contributed by atoms with Crippen LogP contribution in [-0.2, 0) is 6.54 Å². The molecule has 2 N–H and O–H groups in total. The second-order valence-corrected chi connectivity index (χ2v) is 6.47. The molecule has 0 spiro atoms. The third-order valence-corrected chi connectivity index (χ3v) is 4.15. The van der Waals surface area contributed by atoms with Crippen molar-refractivity contribution in [1.82, 2.24) is 9.78 Å². The van der Waals surface area contributed by atoms with Crippen molar-refractivity contribution < 1.29 is 4.39 Å². The Morgan fingerprint density at radius 1 is 1.12 bits per heavy atom. The van der Waals surface area contributed by atoms with Crippen molar-refractivity contribution in [3.8, 4) is 0 Å². The van der Waals surface area contributed by atoms with Gasteiger partial charge in [-0.2, -0.15) is 5.10 Å². The first-order chi connectivity index (χ1) is 12.0. The standard InChI is InChI=1S/C17H13Cl2FN4S/c18-11-3-1-4-12(7-11)22-17(25)23-13-8-21-24(9-13)10-14-15(19)5-2-6-16(14)20/h1-9H,10H2,(H2,22,23,25). The van der Waals surface area contributed by atoms with Crippen LogP contribution >= 0.6 is 35.4 Å². The Kier molecular flexibility index (Phi) is 5.53. The van der Waals surface area contributed by atoms with Crippen LogP contribution in [-0.4, -0.2) is 14.9 Å². The Morgan fingerprint density at radius 2 is 1.88 bits per heavy atom. The van der Waals surface area contributed by atoms with E-state index < -0.39 is 0 Å². The van der Waals surface area contributed by atoms with Gasteiger partial charge in [0.25, 0.3) is 0 Å². The molecule has 0 atom stereocenters. The first kappa shape index (κ1) is 17.7. The van der Waals surface area contributed by atoms with Gasteiger partial charge in [0.2, 0.25) is 0 Å². The molecule has 0 saturated heterocycles. The predicted octanol–water partition coefficient (Wildman–Crippen LogP) is 5.19. The SMILES string of the molecule is Fc1cccc(Cl)c1Cn1cc(NC(=S)Nc2cccc(Cl)c2)cn1. The number of nitrogens with one attached hydrogen (secondary N) is 2. The second-order valence-electron chi connectivity index (χ2n) is 5.22. The topological polar surface area (TPSA) is 41.9 Å². The van der Waals surface area contributed by atoms with Gasteiger partial charge in [0.1, 0.15) is 5.82 Å². The number of thiocarbonyl (C=S) groups is 1. The van der Waals surface area contributed by atoms with E-state index in [0.29, 0.717) is 26.4 Å². The van der Waals surface area contributed by atoms with E-state index in [2.05, 4.69) is 15.7 Å². The Hall–Kier alpha value is -2.15. The van der Waals surface area contributed by atoms with Crippen LogP contribution in [0.4, 0.5) is 15.8 Å². The van der Waals surface area contributed by atoms with Crippen molar-refractivity contribution in [2.24, 2.45) is 0 Å². The molecule has 0 amide bonds. The van der Waals surface area contributed by atoms with Gasteiger partial charge < -0.3 is 10.6 Å². The summed E-state index contributed by atoms with van der Waals surface area (Å²) >= 11 is 17.2. The third kappa shape index (κ3) is 4.69. The van der Waals surface area contributed by atoms with Crippen molar-refractivity contribution >= 4 is 51.9 Å². The average molecular weight is 395 g/mol. The minimum atomic E-state index is -0.365. The van der Waals surface area contributed by atoms with Gasteiger partial charge in [-0.05, 0) is 42.5 Å². The summed E-state index contributed by atoms with van der Waals surface area (Å²) in [7, 11) is 0. The molecule has 0 unspecified atom stereocenters. The van der Waals surface area contributed by atoms with Crippen molar-refractivity contribution in [2.45, 2.75) is 6.54 Å². The van der Waals surface area contributed by atoms with E-state index in [1.807, 2.05) is 12.1 Å². The zero-order valence-electron chi connectivity index (χ0n) is 12.8. The third-order valence-electron chi connectivity index (χ3n) is 3.36. The van der Waals surface area contributed by atoms with Crippen LogP contribution in [0.1, 0.15) is 5.56 Å². The van der Waals surface area contributed by atoms with Gasteiger partial charge in [-0.3, -0.25) is 4.68 Å². The molecule has 8 heteroatoms. The summed E-state index contributed by atoms with van der Waals surface area (Å²) in [6.45, 7) is 0.224. The molecule has 3 aromatic rings. The number of anilines is 2. The average Bonchev–Trinajstić information content (AvgIpc) is 2.98. The molecular weight excluding hydrogens is 382 g/mol. The van der Waals surface area contributed by atoms with E-state index in [-0.39, 0.29) is 12.4 Å². The maximum Gasteiger partial charge on any atom is 0.175 e. The van der Waals surface area contributed by atoms with Crippen molar-refractivity contribution in [2.75, 3.05) is 10.6 Å². The fourth-order valence-corrected chi connectivity index (χ4v) is 2.87. The zero-order valence-corrected chi connectivity index (χ0v) is 15.2. The fourth-order valence-electron chi connectivity index (χ4n) is 2.22. The Balaban J connectivity index is 1.64. The molecule has 0 aliphatic carbocycles. The van der Waals surface area contributed by atoms with Gasteiger partial charge in [0, 0.05) is 27.5 Å². The molecule has 1 aromatic heterocycles. The number of benzene rings is 2. The summed E-state index contributed by atoms with van der Waals surface area (Å²) in [5.41, 5.74) is 1.83. The maximum absolute atomic E-state index is 13.8. The largest absolute Gasteiger partial charge is 0.332 e. The molecule has 0 radical (unpaired) electrons. The highest BCUT2D eigenvalue weighted by Crippen LogP contribution is 2.20. The summed E-state index contributed by atoms with van der Waals surface area (Å²) in [5, 5.41) is 11.6. The molecule has 0 aliphatic heterocycles. The van der Waals surface area contributed by atoms with Crippen LogP contribution in [0.15, 0.2) is 54.9 Å². The van der Waals surface area contributed by atoms with Crippen LogP contribution in [0.25, 0.3) is 0 Å². The smallest absolute Gasteiger partial charge is 0.175 e. The summed E-state index contributed by atoms with van der Waals surface area (Å²) < 4.78 is 15.4. The highest BCUT2D eigenvalue weighted by Gasteiger charge is 2.09. The van der Waals surface area contributed by atoms with Crippen LogP contribution in [0.5, 0.6) is 0 Å². The fraction of sp³-hybridized carbons (Fsp3) is 0.0588. The number of hydrogen-bond donors (Lipinski definition) is 2. The molecule has 4 nitrogen and oxygen atoms in total. The van der Waals surface area contributed by atoms with E-state index in [9.17, 15) is 4.39 Å².